The van der Waals surface area contributed by atoms with Crippen LogP contribution < -0.4 is 0 Å². The molecule has 1 aliphatic heterocycles. The Labute approximate surface area is 111 Å². The number of rotatable bonds is 3. The van der Waals surface area contributed by atoms with Gasteiger partial charge in [-0.25, -0.2) is 0 Å². The van der Waals surface area contributed by atoms with E-state index in [9.17, 15) is 9.00 Å². The van der Waals surface area contributed by atoms with Gasteiger partial charge >= 0.3 is 0 Å². The molecule has 0 spiro atoms. The molecule has 0 N–H and O–H groups in total. The molecular formula is C13H26N2O2S. The number of nitrogens with zero attached hydrogens (tertiary/aromatic N) is 2. The Morgan fingerprint density at radius 2 is 1.72 bits per heavy atom. The zero-order valence-corrected chi connectivity index (χ0v) is 12.9. The lowest BCUT2D eigenvalue weighted by Crippen LogP contribution is -2.54. The predicted octanol–water partition coefficient (Wildman–Crippen LogP) is 0.665. The number of carbonyl (C=O) groups excluding carboxylic acids is 1. The molecule has 18 heavy (non-hydrogen) atoms. The van der Waals surface area contributed by atoms with Gasteiger partial charge in [0, 0.05) is 50.1 Å². The Morgan fingerprint density at radius 1 is 1.22 bits per heavy atom. The van der Waals surface area contributed by atoms with Crippen LogP contribution in [0, 0.1) is 0 Å². The Balaban J connectivity index is 2.41. The van der Waals surface area contributed by atoms with Crippen LogP contribution in [0.25, 0.3) is 0 Å². The summed E-state index contributed by atoms with van der Waals surface area (Å²) in [7, 11) is -2.05. The highest BCUT2D eigenvalue weighted by molar-refractivity contribution is 7.99. The molecule has 1 unspecified atom stereocenters. The van der Waals surface area contributed by atoms with Gasteiger partial charge in [-0.3, -0.25) is 13.9 Å². The fourth-order valence-corrected chi connectivity index (χ4v) is 2.69. The SMILES string of the molecule is C=S(C)(=O)CCC(=O)N1CCN(C(C)(C)C)CC1. The van der Waals surface area contributed by atoms with E-state index in [0.717, 1.165) is 26.2 Å². The van der Waals surface area contributed by atoms with E-state index in [4.69, 9.17) is 0 Å². The van der Waals surface area contributed by atoms with Crippen molar-refractivity contribution in [3.05, 3.63) is 0 Å². The van der Waals surface area contributed by atoms with Gasteiger partial charge < -0.3 is 4.90 Å². The van der Waals surface area contributed by atoms with E-state index in [-0.39, 0.29) is 11.4 Å². The lowest BCUT2D eigenvalue weighted by atomic mass is 10.0. The summed E-state index contributed by atoms with van der Waals surface area (Å²) in [6.07, 6.45) is 1.96. The van der Waals surface area contributed by atoms with Crippen LogP contribution in [0.5, 0.6) is 0 Å². The van der Waals surface area contributed by atoms with E-state index < -0.39 is 9.52 Å². The zero-order valence-electron chi connectivity index (χ0n) is 12.1. The summed E-state index contributed by atoms with van der Waals surface area (Å²) < 4.78 is 11.5. The van der Waals surface area contributed by atoms with E-state index in [2.05, 4.69) is 31.5 Å². The highest BCUT2D eigenvalue weighted by Gasteiger charge is 2.27. The number of piperazine rings is 1. The fourth-order valence-electron chi connectivity index (χ4n) is 2.09. The van der Waals surface area contributed by atoms with Crippen LogP contribution in [-0.4, -0.2) is 69.5 Å². The van der Waals surface area contributed by atoms with Crippen molar-refractivity contribution in [2.24, 2.45) is 0 Å². The summed E-state index contributed by atoms with van der Waals surface area (Å²) in [5.41, 5.74) is 0.167. The van der Waals surface area contributed by atoms with Crippen molar-refractivity contribution < 1.29 is 9.00 Å². The summed E-state index contributed by atoms with van der Waals surface area (Å²) >= 11 is 0. The molecular weight excluding hydrogens is 248 g/mol. The Kier molecular flexibility index (Phi) is 4.84. The van der Waals surface area contributed by atoms with Gasteiger partial charge in [0.05, 0.1) is 0 Å². The van der Waals surface area contributed by atoms with E-state index in [1.54, 1.807) is 6.26 Å². The first-order valence-electron chi connectivity index (χ1n) is 6.42. The van der Waals surface area contributed by atoms with E-state index in [1.165, 1.54) is 0 Å². The summed E-state index contributed by atoms with van der Waals surface area (Å²) in [4.78, 5) is 16.2. The minimum atomic E-state index is -2.05. The molecule has 0 aromatic carbocycles. The Morgan fingerprint density at radius 3 is 2.11 bits per heavy atom. The number of hydrogen-bond acceptors (Lipinski definition) is 3. The van der Waals surface area contributed by atoms with Crippen molar-refractivity contribution in [1.82, 2.24) is 9.80 Å². The average Bonchev–Trinajstić information content (AvgIpc) is 2.24. The molecule has 5 heteroatoms. The van der Waals surface area contributed by atoms with Gasteiger partial charge in [-0.15, -0.1) is 0 Å². The standard InChI is InChI=1S/C13H26N2O2S/c1-13(2,3)15-9-7-14(8-10-15)12(16)6-11-18(4,5)17/h4,6-11H2,1-3,5H3. The largest absolute Gasteiger partial charge is 0.340 e. The lowest BCUT2D eigenvalue weighted by molar-refractivity contribution is -0.133. The normalized spacial score (nSPS) is 21.7. The zero-order chi connectivity index (χ0) is 14.0. The molecule has 0 radical (unpaired) electrons. The van der Waals surface area contributed by atoms with Crippen LogP contribution in [0.2, 0.25) is 0 Å². The minimum absolute atomic E-state index is 0.113. The molecule has 106 valence electrons. The van der Waals surface area contributed by atoms with Gasteiger partial charge in [-0.05, 0) is 36.2 Å². The monoisotopic (exact) mass is 274 g/mol. The maximum atomic E-state index is 12.0. The highest BCUT2D eigenvalue weighted by Crippen LogP contribution is 2.16. The smallest absolute Gasteiger partial charge is 0.223 e. The molecule has 1 aliphatic rings. The second-order valence-electron chi connectivity index (χ2n) is 6.18. The van der Waals surface area contributed by atoms with Gasteiger partial charge in [0.2, 0.25) is 5.91 Å². The van der Waals surface area contributed by atoms with Crippen molar-refractivity contribution in [2.45, 2.75) is 32.7 Å². The van der Waals surface area contributed by atoms with Crippen molar-refractivity contribution in [2.75, 3.05) is 38.2 Å². The lowest BCUT2D eigenvalue weighted by Gasteiger charge is -2.42. The second-order valence-corrected chi connectivity index (χ2v) is 8.95. The average molecular weight is 274 g/mol. The fraction of sp³-hybridized carbons (Fsp3) is 0.846. The van der Waals surface area contributed by atoms with Crippen LogP contribution in [0.15, 0.2) is 0 Å². The third-order valence-electron chi connectivity index (χ3n) is 3.33. The summed E-state index contributed by atoms with van der Waals surface area (Å²) in [6, 6.07) is 0. The second kappa shape index (κ2) is 5.61. The maximum absolute atomic E-state index is 12.0. The van der Waals surface area contributed by atoms with Crippen molar-refractivity contribution >= 4 is 21.3 Å². The van der Waals surface area contributed by atoms with Crippen LogP contribution in [0.4, 0.5) is 0 Å². The Hall–Kier alpha value is -0.550. The molecule has 0 saturated carbocycles. The van der Waals surface area contributed by atoms with Gasteiger partial charge in [0.15, 0.2) is 0 Å². The van der Waals surface area contributed by atoms with Crippen molar-refractivity contribution in [1.29, 1.82) is 0 Å². The molecule has 4 nitrogen and oxygen atoms in total. The minimum Gasteiger partial charge on any atom is -0.340 e. The van der Waals surface area contributed by atoms with Crippen molar-refractivity contribution in [3.63, 3.8) is 0 Å². The van der Waals surface area contributed by atoms with Crippen LogP contribution in [0.3, 0.4) is 0 Å². The third-order valence-corrected chi connectivity index (χ3v) is 4.40. The van der Waals surface area contributed by atoms with Crippen molar-refractivity contribution in [3.8, 4) is 0 Å². The molecule has 0 bridgehead atoms. The number of carbonyl (C=O) groups is 1. The molecule has 1 heterocycles. The molecule has 1 fully saturated rings. The summed E-state index contributed by atoms with van der Waals surface area (Å²) in [5, 5.41) is 0. The maximum Gasteiger partial charge on any atom is 0.223 e. The van der Waals surface area contributed by atoms with Crippen LogP contribution in [-0.2, 0) is 14.3 Å². The first-order chi connectivity index (χ1) is 8.09. The molecule has 1 saturated heterocycles. The number of hydrogen-bond donors (Lipinski definition) is 0. The van der Waals surface area contributed by atoms with E-state index in [1.807, 2.05) is 4.90 Å². The van der Waals surface area contributed by atoms with Gasteiger partial charge in [0.1, 0.15) is 0 Å². The molecule has 0 aliphatic carbocycles. The summed E-state index contributed by atoms with van der Waals surface area (Å²) in [5.74, 6) is 4.09. The third kappa shape index (κ3) is 4.98. The molecule has 1 amide bonds. The first-order valence-corrected chi connectivity index (χ1v) is 8.73. The first kappa shape index (κ1) is 15.5. The van der Waals surface area contributed by atoms with E-state index in [0.29, 0.717) is 12.2 Å². The molecule has 1 rings (SSSR count). The van der Waals surface area contributed by atoms with Gasteiger partial charge in [-0.2, -0.15) is 0 Å². The predicted molar refractivity (Wildman–Crippen MR) is 78.6 cm³/mol. The molecule has 0 aromatic heterocycles. The topological polar surface area (TPSA) is 40.6 Å². The number of amides is 1. The molecule has 1 atom stereocenters. The van der Waals surface area contributed by atoms with E-state index >= 15 is 0 Å². The van der Waals surface area contributed by atoms with Crippen LogP contribution >= 0.6 is 0 Å². The van der Waals surface area contributed by atoms with Gasteiger partial charge in [-0.1, -0.05) is 0 Å². The quantitative estimate of drug-likeness (QED) is 0.710. The summed E-state index contributed by atoms with van der Waals surface area (Å²) in [6.45, 7) is 9.97. The van der Waals surface area contributed by atoms with Gasteiger partial charge in [0.25, 0.3) is 0 Å². The van der Waals surface area contributed by atoms with Crippen LogP contribution in [0.1, 0.15) is 27.2 Å². The Bertz CT molecular complexity index is 388. The highest BCUT2D eigenvalue weighted by atomic mass is 32.2. The molecule has 0 aromatic rings.